The van der Waals surface area contributed by atoms with Crippen LogP contribution in [0.4, 0.5) is 5.69 Å². The van der Waals surface area contributed by atoms with Crippen molar-refractivity contribution in [1.29, 1.82) is 0 Å². The summed E-state index contributed by atoms with van der Waals surface area (Å²) < 4.78 is 27.5. The minimum Gasteiger partial charge on any atom is -0.508 e. The maximum atomic E-state index is 12.8. The van der Waals surface area contributed by atoms with Crippen LogP contribution in [0.3, 0.4) is 0 Å². The van der Waals surface area contributed by atoms with Crippen LogP contribution in [-0.4, -0.2) is 62.7 Å². The molecule has 2 aliphatic rings. The number of nitrogens with zero attached hydrogens (tertiary/aromatic N) is 2. The lowest BCUT2D eigenvalue weighted by Gasteiger charge is -2.20. The van der Waals surface area contributed by atoms with Gasteiger partial charge < -0.3 is 33.7 Å². The Bertz CT molecular complexity index is 1440. The topological polar surface area (TPSA) is 99.1 Å². The molecule has 1 fully saturated rings. The van der Waals surface area contributed by atoms with Gasteiger partial charge in [0.05, 0.1) is 45.2 Å². The van der Waals surface area contributed by atoms with Crippen LogP contribution in [0.15, 0.2) is 53.5 Å². The molecule has 0 bridgehead atoms. The molecule has 1 saturated heterocycles. The molecule has 9 nitrogen and oxygen atoms in total. The van der Waals surface area contributed by atoms with Crippen LogP contribution < -0.4 is 23.7 Å². The zero-order valence-electron chi connectivity index (χ0n) is 25.9. The Morgan fingerprint density at radius 3 is 2.42 bits per heavy atom. The number of aryl methyl sites for hydroxylation is 1. The first-order valence-electron chi connectivity index (χ1n) is 14.7. The summed E-state index contributed by atoms with van der Waals surface area (Å²) in [5.41, 5.74) is 2.21. The number of methoxy groups -OCH3 is 3. The number of phenolic OH excluding ortho intramolecular Hbond substituents is 1. The van der Waals surface area contributed by atoms with Crippen LogP contribution in [0, 0.1) is 12.8 Å². The van der Waals surface area contributed by atoms with Crippen molar-refractivity contribution in [2.75, 3.05) is 34.5 Å². The van der Waals surface area contributed by atoms with Crippen molar-refractivity contribution < 1.29 is 33.6 Å². The van der Waals surface area contributed by atoms with E-state index < -0.39 is 0 Å². The van der Waals surface area contributed by atoms with Crippen molar-refractivity contribution in [1.82, 2.24) is 4.90 Å². The van der Waals surface area contributed by atoms with Crippen LogP contribution in [0.25, 0.3) is 0 Å². The Morgan fingerprint density at radius 2 is 1.70 bits per heavy atom. The van der Waals surface area contributed by atoms with E-state index in [1.807, 2.05) is 24.1 Å². The summed E-state index contributed by atoms with van der Waals surface area (Å²) >= 11 is 0. The summed E-state index contributed by atoms with van der Waals surface area (Å²) in [6, 6.07) is 14.0. The summed E-state index contributed by atoms with van der Waals surface area (Å²) in [6.07, 6.45) is 6.18. The fourth-order valence-electron chi connectivity index (χ4n) is 5.13. The van der Waals surface area contributed by atoms with Gasteiger partial charge in [0.15, 0.2) is 23.0 Å². The highest BCUT2D eigenvalue weighted by Gasteiger charge is 2.32. The van der Waals surface area contributed by atoms with E-state index in [0.717, 1.165) is 37.8 Å². The standard InChI is InChI=1S/C19H26N2O3.C15H16O4/c1-4-6-13(2)12-24-18-10-16-15(9-17(18)23-3)19(22)21-8-5-7-14(21)11-20-16;1-10-4-5-11(16)8-14(10)19-12-6-7-13(17-2)15(9-12)18-3/h9-11,13-14H,4-8,12H2,1-3H3;4-9,16H,1-3H3. The minimum atomic E-state index is 0.0363. The summed E-state index contributed by atoms with van der Waals surface area (Å²) in [6.45, 7) is 7.69. The van der Waals surface area contributed by atoms with Gasteiger partial charge in [-0.25, -0.2) is 0 Å². The van der Waals surface area contributed by atoms with Crippen molar-refractivity contribution in [3.63, 3.8) is 0 Å². The molecule has 3 aromatic rings. The predicted molar refractivity (Wildman–Crippen MR) is 167 cm³/mol. The van der Waals surface area contributed by atoms with Gasteiger partial charge >= 0.3 is 0 Å². The quantitative estimate of drug-likeness (QED) is 0.264. The van der Waals surface area contributed by atoms with Crippen molar-refractivity contribution >= 4 is 17.8 Å². The first-order chi connectivity index (χ1) is 20.8. The first-order valence-corrected chi connectivity index (χ1v) is 14.7. The molecule has 0 aliphatic carbocycles. The SMILES string of the molecule is CCCC(C)COc1cc2c(cc1OC)C(=O)N1CCCC1C=N2.COc1ccc(Oc2cc(O)ccc2C)cc1OC. The monoisotopic (exact) mass is 590 g/mol. The van der Waals surface area contributed by atoms with Crippen LogP contribution in [0.1, 0.15) is 55.5 Å². The maximum Gasteiger partial charge on any atom is 0.256 e. The molecule has 0 saturated carbocycles. The highest BCUT2D eigenvalue weighted by Crippen LogP contribution is 2.38. The summed E-state index contributed by atoms with van der Waals surface area (Å²) in [4.78, 5) is 19.3. The molecule has 230 valence electrons. The number of amides is 1. The van der Waals surface area contributed by atoms with Crippen LogP contribution in [0.5, 0.6) is 40.2 Å². The normalized spacial score (nSPS) is 15.8. The van der Waals surface area contributed by atoms with E-state index in [1.165, 1.54) is 0 Å². The number of rotatable bonds is 10. The zero-order chi connectivity index (χ0) is 30.9. The molecule has 0 radical (unpaired) electrons. The molecule has 3 aromatic carbocycles. The Labute approximate surface area is 254 Å². The Hall–Kier alpha value is -4.40. The summed E-state index contributed by atoms with van der Waals surface area (Å²) in [7, 11) is 4.76. The summed E-state index contributed by atoms with van der Waals surface area (Å²) in [5.74, 6) is 4.40. The van der Waals surface area contributed by atoms with E-state index in [9.17, 15) is 9.90 Å². The fourth-order valence-corrected chi connectivity index (χ4v) is 5.13. The van der Waals surface area contributed by atoms with E-state index >= 15 is 0 Å². The van der Waals surface area contributed by atoms with Crippen molar-refractivity contribution in [2.24, 2.45) is 10.9 Å². The van der Waals surface area contributed by atoms with E-state index in [1.54, 1.807) is 63.8 Å². The molecule has 5 rings (SSSR count). The highest BCUT2D eigenvalue weighted by atomic mass is 16.5. The second-order valence-corrected chi connectivity index (χ2v) is 10.8. The van der Waals surface area contributed by atoms with Gasteiger partial charge in [-0.3, -0.25) is 9.79 Å². The predicted octanol–water partition coefficient (Wildman–Crippen LogP) is 7.34. The number of hydrogen-bond acceptors (Lipinski definition) is 8. The van der Waals surface area contributed by atoms with Gasteiger partial charge in [0, 0.05) is 31.0 Å². The zero-order valence-corrected chi connectivity index (χ0v) is 25.9. The Kier molecular flexibility index (Phi) is 10.8. The Balaban J connectivity index is 0.000000203. The third-order valence-corrected chi connectivity index (χ3v) is 7.52. The molecule has 2 unspecified atom stereocenters. The largest absolute Gasteiger partial charge is 0.508 e. The molecule has 1 N–H and O–H groups in total. The van der Waals surface area contributed by atoms with Gasteiger partial charge in [0.2, 0.25) is 0 Å². The lowest BCUT2D eigenvalue weighted by Crippen LogP contribution is -2.35. The van der Waals surface area contributed by atoms with E-state index in [4.69, 9.17) is 23.7 Å². The van der Waals surface area contributed by atoms with E-state index in [0.29, 0.717) is 58.3 Å². The number of benzene rings is 3. The molecule has 0 aromatic heterocycles. The third kappa shape index (κ3) is 7.71. The molecule has 0 spiro atoms. The molecule has 2 aliphatic heterocycles. The van der Waals surface area contributed by atoms with Gasteiger partial charge in [-0.15, -0.1) is 0 Å². The average molecular weight is 591 g/mol. The van der Waals surface area contributed by atoms with Crippen LogP contribution in [-0.2, 0) is 0 Å². The average Bonchev–Trinajstić information content (AvgIpc) is 3.45. The Morgan fingerprint density at radius 1 is 0.953 bits per heavy atom. The molecule has 43 heavy (non-hydrogen) atoms. The van der Waals surface area contributed by atoms with Crippen LogP contribution >= 0.6 is 0 Å². The summed E-state index contributed by atoms with van der Waals surface area (Å²) in [5, 5.41) is 9.47. The third-order valence-electron chi connectivity index (χ3n) is 7.52. The highest BCUT2D eigenvalue weighted by molar-refractivity contribution is 6.03. The number of ether oxygens (including phenoxy) is 5. The molecular formula is C34H42N2O7. The number of phenols is 1. The van der Waals surface area contributed by atoms with Crippen molar-refractivity contribution in [3.8, 4) is 40.2 Å². The number of aliphatic imine (C=N–C) groups is 1. The molecule has 2 atom stereocenters. The molecule has 1 amide bonds. The number of aromatic hydroxyl groups is 1. The van der Waals surface area contributed by atoms with Gasteiger partial charge in [-0.05, 0) is 61.9 Å². The number of fused-ring (bicyclic) bond motifs is 2. The lowest BCUT2D eigenvalue weighted by atomic mass is 10.1. The number of carbonyl (C=O) groups is 1. The fraction of sp³-hybridized carbons (Fsp3) is 0.412. The van der Waals surface area contributed by atoms with E-state index in [2.05, 4.69) is 18.8 Å². The van der Waals surface area contributed by atoms with Crippen LogP contribution in [0.2, 0.25) is 0 Å². The maximum absolute atomic E-state index is 12.8. The second kappa shape index (κ2) is 14.7. The van der Waals surface area contributed by atoms with Gasteiger partial charge in [0.25, 0.3) is 5.91 Å². The second-order valence-electron chi connectivity index (χ2n) is 10.8. The van der Waals surface area contributed by atoms with Crippen molar-refractivity contribution in [2.45, 2.75) is 52.5 Å². The smallest absolute Gasteiger partial charge is 0.256 e. The van der Waals surface area contributed by atoms with Gasteiger partial charge in [-0.1, -0.05) is 26.3 Å². The minimum absolute atomic E-state index is 0.0363. The lowest BCUT2D eigenvalue weighted by molar-refractivity contribution is 0.0774. The van der Waals surface area contributed by atoms with E-state index in [-0.39, 0.29) is 17.7 Å². The molecule has 2 heterocycles. The first kappa shape index (κ1) is 31.5. The molecule has 9 heteroatoms. The van der Waals surface area contributed by atoms with Gasteiger partial charge in [0.1, 0.15) is 17.2 Å². The number of carbonyl (C=O) groups excluding carboxylic acids is 1. The van der Waals surface area contributed by atoms with Gasteiger partial charge in [-0.2, -0.15) is 0 Å². The van der Waals surface area contributed by atoms with Crippen molar-refractivity contribution in [3.05, 3.63) is 59.7 Å². The molecular weight excluding hydrogens is 548 g/mol. The number of hydrogen-bond donors (Lipinski definition) is 1.